The van der Waals surface area contributed by atoms with E-state index in [0.29, 0.717) is 11.4 Å². The van der Waals surface area contributed by atoms with Crippen LogP contribution in [0.25, 0.3) is 5.69 Å². The van der Waals surface area contributed by atoms with Gasteiger partial charge in [0.15, 0.2) is 5.82 Å². The molecule has 2 aromatic carbocycles. The number of para-hydroxylation sites is 2. The Labute approximate surface area is 150 Å². The van der Waals surface area contributed by atoms with Crippen molar-refractivity contribution in [2.24, 2.45) is 0 Å². The Morgan fingerprint density at radius 1 is 1.04 bits per heavy atom. The maximum atomic E-state index is 12.3. The second kappa shape index (κ2) is 7.98. The van der Waals surface area contributed by atoms with Crippen LogP contribution < -0.4 is 10.1 Å². The molecule has 1 N–H and O–H groups in total. The fourth-order valence-electron chi connectivity index (χ4n) is 2.31. The molecule has 7 nitrogen and oxygen atoms in total. The van der Waals surface area contributed by atoms with Gasteiger partial charge in [-0.2, -0.15) is 5.10 Å². The van der Waals surface area contributed by atoms with Crippen molar-refractivity contribution in [1.82, 2.24) is 9.78 Å². The minimum Gasteiger partial charge on any atom is -0.462 e. The number of aromatic nitrogens is 2. The van der Waals surface area contributed by atoms with Crippen LogP contribution in [-0.2, 0) is 4.74 Å². The molecular formula is C19H17N3O4. The quantitative estimate of drug-likeness (QED) is 0.709. The predicted octanol–water partition coefficient (Wildman–Crippen LogP) is 3.66. The lowest BCUT2D eigenvalue weighted by molar-refractivity contribution is 0.0527. The van der Waals surface area contributed by atoms with Crippen LogP contribution in [0.4, 0.5) is 10.6 Å². The molecule has 1 heterocycles. The maximum Gasteiger partial charge on any atom is 0.418 e. The lowest BCUT2D eigenvalue weighted by atomic mass is 10.3. The number of nitrogens with zero attached hydrogens (tertiary/aromatic N) is 2. The number of carbonyl (C=O) groups is 2. The Kier molecular flexibility index (Phi) is 5.28. The van der Waals surface area contributed by atoms with E-state index in [0.717, 1.165) is 0 Å². The number of esters is 1. The van der Waals surface area contributed by atoms with Gasteiger partial charge in [0.2, 0.25) is 0 Å². The number of benzene rings is 2. The molecule has 0 aliphatic carbocycles. The smallest absolute Gasteiger partial charge is 0.418 e. The summed E-state index contributed by atoms with van der Waals surface area (Å²) >= 11 is 0. The summed E-state index contributed by atoms with van der Waals surface area (Å²) in [7, 11) is 0. The number of nitrogens with one attached hydrogen (secondary N) is 1. The van der Waals surface area contributed by atoms with E-state index in [1.165, 1.54) is 10.9 Å². The van der Waals surface area contributed by atoms with Gasteiger partial charge in [-0.05, 0) is 31.2 Å². The lowest BCUT2D eigenvalue weighted by Gasteiger charge is -2.11. The van der Waals surface area contributed by atoms with E-state index in [1.54, 1.807) is 43.3 Å². The summed E-state index contributed by atoms with van der Waals surface area (Å²) in [4.78, 5) is 24.5. The number of hydrogen-bond acceptors (Lipinski definition) is 5. The van der Waals surface area contributed by atoms with E-state index in [-0.39, 0.29) is 18.0 Å². The van der Waals surface area contributed by atoms with E-state index in [2.05, 4.69) is 10.4 Å². The third-order valence-corrected chi connectivity index (χ3v) is 3.44. The molecule has 0 aliphatic rings. The maximum absolute atomic E-state index is 12.3. The van der Waals surface area contributed by atoms with Crippen molar-refractivity contribution in [2.45, 2.75) is 6.92 Å². The first-order valence-electron chi connectivity index (χ1n) is 8.03. The minimum atomic E-state index is -0.737. The van der Waals surface area contributed by atoms with E-state index in [9.17, 15) is 9.59 Å². The van der Waals surface area contributed by atoms with Gasteiger partial charge in [-0.25, -0.2) is 14.3 Å². The third kappa shape index (κ3) is 3.89. The molecule has 0 bridgehead atoms. The Balaban J connectivity index is 1.91. The summed E-state index contributed by atoms with van der Waals surface area (Å²) in [5, 5.41) is 6.78. The SMILES string of the molecule is CCOC(=O)c1cnn(-c2ccccc2)c1NC(=O)Oc1ccccc1. The van der Waals surface area contributed by atoms with E-state index >= 15 is 0 Å². The standard InChI is InChI=1S/C19H17N3O4/c1-2-25-18(23)16-13-20-22(14-9-5-3-6-10-14)17(16)21-19(24)26-15-11-7-4-8-12-15/h3-13H,2H2,1H3,(H,21,24). The molecule has 0 radical (unpaired) electrons. The van der Waals surface area contributed by atoms with Crippen LogP contribution in [0.2, 0.25) is 0 Å². The molecule has 7 heteroatoms. The lowest BCUT2D eigenvalue weighted by Crippen LogP contribution is -2.21. The van der Waals surface area contributed by atoms with Crippen LogP contribution >= 0.6 is 0 Å². The molecule has 0 saturated carbocycles. The molecule has 0 atom stereocenters. The first kappa shape index (κ1) is 17.2. The zero-order chi connectivity index (χ0) is 18.4. The van der Waals surface area contributed by atoms with Crippen LogP contribution in [0.3, 0.4) is 0 Å². The normalized spacial score (nSPS) is 10.2. The molecule has 3 aromatic rings. The van der Waals surface area contributed by atoms with Gasteiger partial charge in [0.25, 0.3) is 0 Å². The van der Waals surface area contributed by atoms with Crippen LogP contribution in [-0.4, -0.2) is 28.4 Å². The number of rotatable bonds is 5. The monoisotopic (exact) mass is 351 g/mol. The average Bonchev–Trinajstić information content (AvgIpc) is 3.07. The molecule has 26 heavy (non-hydrogen) atoms. The summed E-state index contributed by atoms with van der Waals surface area (Å²) in [6.07, 6.45) is 0.614. The molecule has 0 saturated heterocycles. The van der Waals surface area contributed by atoms with E-state index in [4.69, 9.17) is 9.47 Å². The van der Waals surface area contributed by atoms with Crippen LogP contribution in [0.5, 0.6) is 5.75 Å². The molecule has 0 fully saturated rings. The van der Waals surface area contributed by atoms with Crippen molar-refractivity contribution in [3.8, 4) is 11.4 Å². The van der Waals surface area contributed by atoms with Crippen molar-refractivity contribution in [3.05, 3.63) is 72.4 Å². The second-order valence-electron chi connectivity index (χ2n) is 5.20. The topological polar surface area (TPSA) is 82.5 Å². The van der Waals surface area contributed by atoms with Gasteiger partial charge < -0.3 is 9.47 Å². The third-order valence-electron chi connectivity index (χ3n) is 3.44. The summed E-state index contributed by atoms with van der Waals surface area (Å²) < 4.78 is 11.7. The van der Waals surface area contributed by atoms with Crippen molar-refractivity contribution in [3.63, 3.8) is 0 Å². The largest absolute Gasteiger partial charge is 0.462 e. The number of amides is 1. The van der Waals surface area contributed by atoms with Gasteiger partial charge in [0.05, 0.1) is 18.5 Å². The van der Waals surface area contributed by atoms with Crippen molar-refractivity contribution in [2.75, 3.05) is 11.9 Å². The molecule has 3 rings (SSSR count). The number of ether oxygens (including phenoxy) is 2. The highest BCUT2D eigenvalue weighted by Gasteiger charge is 2.22. The van der Waals surface area contributed by atoms with Gasteiger partial charge in [-0.3, -0.25) is 5.32 Å². The Morgan fingerprint density at radius 2 is 1.69 bits per heavy atom. The zero-order valence-corrected chi connectivity index (χ0v) is 14.1. The molecule has 132 valence electrons. The summed E-state index contributed by atoms with van der Waals surface area (Å²) in [6.45, 7) is 1.92. The van der Waals surface area contributed by atoms with Crippen molar-refractivity contribution < 1.29 is 19.1 Å². The molecule has 0 spiro atoms. The highest BCUT2D eigenvalue weighted by atomic mass is 16.6. The Hall–Kier alpha value is -3.61. The summed E-state index contributed by atoms with van der Waals surface area (Å²) in [5.74, 6) is -0.0197. The van der Waals surface area contributed by atoms with Gasteiger partial charge in [0, 0.05) is 0 Å². The highest BCUT2D eigenvalue weighted by Crippen LogP contribution is 2.22. The fraction of sp³-hybridized carbons (Fsp3) is 0.105. The van der Waals surface area contributed by atoms with Crippen LogP contribution in [0.15, 0.2) is 66.9 Å². The van der Waals surface area contributed by atoms with Gasteiger partial charge in [0.1, 0.15) is 11.3 Å². The van der Waals surface area contributed by atoms with Crippen molar-refractivity contribution >= 4 is 17.9 Å². The summed E-state index contributed by atoms with van der Waals surface area (Å²) in [5.41, 5.74) is 0.818. The molecule has 0 aliphatic heterocycles. The Bertz CT molecular complexity index is 892. The zero-order valence-electron chi connectivity index (χ0n) is 14.1. The molecular weight excluding hydrogens is 334 g/mol. The molecule has 0 unspecified atom stereocenters. The van der Waals surface area contributed by atoms with E-state index < -0.39 is 12.1 Å². The number of hydrogen-bond donors (Lipinski definition) is 1. The Morgan fingerprint density at radius 3 is 2.35 bits per heavy atom. The number of anilines is 1. The minimum absolute atomic E-state index is 0.140. The second-order valence-corrected chi connectivity index (χ2v) is 5.20. The number of carbonyl (C=O) groups excluding carboxylic acids is 2. The predicted molar refractivity (Wildman–Crippen MR) is 95.6 cm³/mol. The molecule has 1 aromatic heterocycles. The van der Waals surface area contributed by atoms with Gasteiger partial charge >= 0.3 is 12.1 Å². The summed E-state index contributed by atoms with van der Waals surface area (Å²) in [6, 6.07) is 17.7. The van der Waals surface area contributed by atoms with Crippen molar-refractivity contribution in [1.29, 1.82) is 0 Å². The fourth-order valence-corrected chi connectivity index (χ4v) is 2.31. The molecule has 1 amide bonds. The first-order valence-corrected chi connectivity index (χ1v) is 8.03. The van der Waals surface area contributed by atoms with E-state index in [1.807, 2.05) is 24.3 Å². The van der Waals surface area contributed by atoms with Gasteiger partial charge in [-0.1, -0.05) is 36.4 Å². The first-order chi connectivity index (χ1) is 12.7. The van der Waals surface area contributed by atoms with Crippen LogP contribution in [0, 0.1) is 0 Å². The van der Waals surface area contributed by atoms with Crippen LogP contribution in [0.1, 0.15) is 17.3 Å². The highest BCUT2D eigenvalue weighted by molar-refractivity contribution is 5.99. The average molecular weight is 351 g/mol. The van der Waals surface area contributed by atoms with Gasteiger partial charge in [-0.15, -0.1) is 0 Å².